The molecule has 0 saturated carbocycles. The predicted octanol–water partition coefficient (Wildman–Crippen LogP) is 1.14. The minimum atomic E-state index is -1.48. The number of hydrogen-bond acceptors (Lipinski definition) is 10. The summed E-state index contributed by atoms with van der Waals surface area (Å²) < 4.78 is 22.1. The molecular formula is C23H26ClN5O8. The van der Waals surface area contributed by atoms with Gasteiger partial charge in [0.15, 0.2) is 11.4 Å². The van der Waals surface area contributed by atoms with E-state index in [0.29, 0.717) is 23.2 Å². The highest BCUT2D eigenvalue weighted by molar-refractivity contribution is 6.38. The van der Waals surface area contributed by atoms with Crippen molar-refractivity contribution in [2.45, 2.75) is 50.8 Å². The van der Waals surface area contributed by atoms with Gasteiger partial charge in [-0.1, -0.05) is 16.8 Å². The van der Waals surface area contributed by atoms with E-state index in [0.717, 1.165) is 0 Å². The number of morpholine rings is 1. The number of rotatable bonds is 3. The summed E-state index contributed by atoms with van der Waals surface area (Å²) in [5, 5.41) is 20.8. The molecule has 14 heteroatoms. The summed E-state index contributed by atoms with van der Waals surface area (Å²) in [7, 11) is 1.52. The molecule has 0 bridgehead atoms. The first-order valence-corrected chi connectivity index (χ1v) is 12.3. The Morgan fingerprint density at radius 1 is 1.30 bits per heavy atom. The number of carbonyl (C=O) groups is 3. The van der Waals surface area contributed by atoms with E-state index in [1.54, 1.807) is 6.07 Å². The minimum absolute atomic E-state index is 0.0376. The first-order valence-electron chi connectivity index (χ1n) is 12.0. The molecule has 4 aliphatic rings. The maximum Gasteiger partial charge on any atom is 0.416 e. The lowest BCUT2D eigenvalue weighted by atomic mass is 9.66. The van der Waals surface area contributed by atoms with Crippen molar-refractivity contribution >= 4 is 52.1 Å². The average Bonchev–Trinajstić information content (AvgIpc) is 3.40. The Bertz CT molecular complexity index is 1320. The van der Waals surface area contributed by atoms with E-state index < -0.39 is 47.9 Å². The number of cyclic esters (lactones) is 1. The van der Waals surface area contributed by atoms with Crippen LogP contribution < -0.4 is 20.4 Å². The molecule has 6 rings (SSSR count). The molecule has 4 amide bonds. The number of amides is 4. The van der Waals surface area contributed by atoms with Crippen LogP contribution in [0.15, 0.2) is 10.6 Å². The average molecular weight is 536 g/mol. The van der Waals surface area contributed by atoms with Crippen LogP contribution in [0.1, 0.15) is 19.4 Å². The van der Waals surface area contributed by atoms with Gasteiger partial charge in [-0.25, -0.2) is 9.59 Å². The zero-order valence-corrected chi connectivity index (χ0v) is 21.1. The molecule has 3 N–H and O–H groups in total. The van der Waals surface area contributed by atoms with Crippen molar-refractivity contribution in [1.29, 1.82) is 0 Å². The molecule has 198 valence electrons. The molecule has 0 aliphatic carbocycles. The predicted molar refractivity (Wildman–Crippen MR) is 128 cm³/mol. The molecule has 13 nitrogen and oxygen atoms in total. The van der Waals surface area contributed by atoms with Gasteiger partial charge in [0.1, 0.15) is 22.8 Å². The lowest BCUT2D eigenvalue weighted by Crippen LogP contribution is -2.76. The van der Waals surface area contributed by atoms with Gasteiger partial charge in [-0.05, 0) is 31.9 Å². The molecule has 3 saturated heterocycles. The van der Waals surface area contributed by atoms with Crippen molar-refractivity contribution < 1.29 is 38.2 Å². The van der Waals surface area contributed by atoms with Crippen LogP contribution in [0.5, 0.6) is 0 Å². The fourth-order valence-corrected chi connectivity index (χ4v) is 6.62. The maximum atomic E-state index is 13.4. The second kappa shape index (κ2) is 8.45. The van der Waals surface area contributed by atoms with Gasteiger partial charge in [-0.3, -0.25) is 15.0 Å². The van der Waals surface area contributed by atoms with E-state index in [1.807, 2.05) is 18.7 Å². The third-order valence-electron chi connectivity index (χ3n) is 7.61. The minimum Gasteiger partial charge on any atom is -0.441 e. The molecule has 2 unspecified atom stereocenters. The summed E-state index contributed by atoms with van der Waals surface area (Å²) in [5.74, 6) is -0.383. The smallest absolute Gasteiger partial charge is 0.416 e. The molecule has 0 radical (unpaired) electrons. The molecule has 5 heterocycles. The molecule has 1 aromatic carbocycles. The Kier molecular flexibility index (Phi) is 5.53. The largest absolute Gasteiger partial charge is 0.441 e. The zero-order valence-electron chi connectivity index (χ0n) is 20.3. The Morgan fingerprint density at radius 3 is 2.81 bits per heavy atom. The number of fused-ring (bicyclic) bond motifs is 5. The quantitative estimate of drug-likeness (QED) is 0.520. The Morgan fingerprint density at radius 2 is 2.08 bits per heavy atom. The third-order valence-corrected chi connectivity index (χ3v) is 7.96. The number of imide groups is 1. The normalized spacial score (nSPS) is 33.3. The molecule has 6 atom stereocenters. The number of hydrogen-bond donors (Lipinski definition) is 3. The van der Waals surface area contributed by atoms with Crippen molar-refractivity contribution in [3.05, 3.63) is 16.7 Å². The summed E-state index contributed by atoms with van der Waals surface area (Å²) in [6, 6.07) is 0.345. The highest BCUT2D eigenvalue weighted by Gasteiger charge is 2.62. The van der Waals surface area contributed by atoms with E-state index in [9.17, 15) is 19.5 Å². The lowest BCUT2D eigenvalue weighted by Gasteiger charge is -2.57. The van der Waals surface area contributed by atoms with Crippen molar-refractivity contribution in [2.75, 3.05) is 36.6 Å². The number of aliphatic hydroxyl groups is 1. The monoisotopic (exact) mass is 535 g/mol. The molecule has 2 aromatic rings. The summed E-state index contributed by atoms with van der Waals surface area (Å²) in [4.78, 5) is 41.3. The van der Waals surface area contributed by atoms with Crippen molar-refractivity contribution in [3.63, 3.8) is 0 Å². The lowest BCUT2D eigenvalue weighted by molar-refractivity contribution is -0.155. The third kappa shape index (κ3) is 3.41. The van der Waals surface area contributed by atoms with Gasteiger partial charge in [0.05, 0.1) is 42.5 Å². The molecule has 4 aliphatic heterocycles. The first-order chi connectivity index (χ1) is 17.6. The number of nitrogens with one attached hydrogen (secondary N) is 2. The van der Waals surface area contributed by atoms with Crippen LogP contribution in [-0.4, -0.2) is 85.7 Å². The number of halogens is 1. The van der Waals surface area contributed by atoms with Crippen molar-refractivity contribution in [2.24, 2.45) is 5.41 Å². The maximum absolute atomic E-state index is 13.4. The van der Waals surface area contributed by atoms with Crippen LogP contribution >= 0.6 is 11.6 Å². The summed E-state index contributed by atoms with van der Waals surface area (Å²) in [5.41, 5.74) is 0.0747. The van der Waals surface area contributed by atoms with Crippen LogP contribution in [0.4, 0.5) is 21.1 Å². The highest BCUT2D eigenvalue weighted by atomic mass is 35.5. The highest BCUT2D eigenvalue weighted by Crippen LogP contribution is 2.52. The summed E-state index contributed by atoms with van der Waals surface area (Å²) in [6.07, 6.45) is -3.20. The molecular weight excluding hydrogens is 510 g/mol. The van der Waals surface area contributed by atoms with Crippen LogP contribution in [0.2, 0.25) is 5.02 Å². The fourth-order valence-electron chi connectivity index (χ4n) is 6.26. The van der Waals surface area contributed by atoms with E-state index >= 15 is 0 Å². The van der Waals surface area contributed by atoms with E-state index in [4.69, 9.17) is 30.3 Å². The van der Waals surface area contributed by atoms with E-state index in [2.05, 4.69) is 15.8 Å². The number of urea groups is 1. The number of benzene rings is 1. The Labute approximate surface area is 215 Å². The van der Waals surface area contributed by atoms with E-state index in [1.165, 1.54) is 12.0 Å². The second-order valence-corrected chi connectivity index (χ2v) is 10.3. The number of anilines is 2. The van der Waals surface area contributed by atoms with Crippen LogP contribution in [0.3, 0.4) is 0 Å². The van der Waals surface area contributed by atoms with Gasteiger partial charge in [0.2, 0.25) is 5.91 Å². The molecule has 3 fully saturated rings. The number of aliphatic hydroxyl groups excluding tert-OH is 1. The van der Waals surface area contributed by atoms with Gasteiger partial charge in [-0.2, -0.15) is 0 Å². The SMILES string of the molecule is COC[C@H]1CN(c2noc3c(Cl)c4c(cc23)CC2(C(=O)NC(=O)NC2O)[C@H]2[C@H](C)O[C@H](C)CN42)C(=O)O1. The Hall–Kier alpha value is -3.13. The van der Waals surface area contributed by atoms with Gasteiger partial charge in [-0.15, -0.1) is 0 Å². The van der Waals surface area contributed by atoms with Gasteiger partial charge < -0.3 is 34.1 Å². The van der Waals surface area contributed by atoms with Crippen molar-refractivity contribution in [3.8, 4) is 0 Å². The number of aromatic nitrogens is 1. The summed E-state index contributed by atoms with van der Waals surface area (Å²) in [6.45, 7) is 4.54. The first kappa shape index (κ1) is 24.2. The summed E-state index contributed by atoms with van der Waals surface area (Å²) >= 11 is 6.93. The fraction of sp³-hybridized carbons (Fsp3) is 0.565. The zero-order chi connectivity index (χ0) is 26.2. The molecule has 37 heavy (non-hydrogen) atoms. The van der Waals surface area contributed by atoms with Gasteiger partial charge >= 0.3 is 12.1 Å². The number of nitrogens with zero attached hydrogens (tertiary/aromatic N) is 3. The Balaban J connectivity index is 1.51. The second-order valence-electron chi connectivity index (χ2n) is 9.95. The topological polar surface area (TPSA) is 156 Å². The van der Waals surface area contributed by atoms with Crippen LogP contribution in [0, 0.1) is 5.41 Å². The van der Waals surface area contributed by atoms with Crippen LogP contribution in [-0.2, 0) is 25.4 Å². The molecule has 1 spiro atoms. The van der Waals surface area contributed by atoms with E-state index in [-0.39, 0.29) is 42.1 Å². The standard InChI is InChI=1S/C23H26ClN5O8/c1-9-6-28-15-11(5-23(17(28)10(2)35-9)19(30)25-21(32)26-20(23)31)4-13-16(14(15)24)37-27-18(13)29-7-12(8-34-3)36-22(29)33/h4,9-10,12,17,19,30H,5-8H2,1-3H3,(H2,25,26,31,32)/t9-,10+,12-,17-,19?,23?/m1/s1. The number of methoxy groups -OCH3 is 1. The van der Waals surface area contributed by atoms with Crippen molar-refractivity contribution in [1.82, 2.24) is 15.8 Å². The van der Waals surface area contributed by atoms with Crippen LogP contribution in [0.25, 0.3) is 11.0 Å². The number of carbonyl (C=O) groups excluding carboxylic acids is 3. The van der Waals surface area contributed by atoms with Gasteiger partial charge in [0, 0.05) is 13.7 Å². The number of ether oxygens (including phenoxy) is 3. The van der Waals surface area contributed by atoms with Gasteiger partial charge in [0.25, 0.3) is 0 Å². The molecule has 1 aromatic heterocycles.